The molecule has 1 aromatic carbocycles. The lowest BCUT2D eigenvalue weighted by molar-refractivity contribution is 0.601. The Hall–Kier alpha value is -1.81. The van der Waals surface area contributed by atoms with E-state index in [9.17, 15) is 8.42 Å². The number of benzene rings is 1. The van der Waals surface area contributed by atoms with Gasteiger partial charge in [0.25, 0.3) is 0 Å². The zero-order chi connectivity index (χ0) is 19.0. The molecule has 0 aliphatic heterocycles. The first-order valence-electron chi connectivity index (χ1n) is 8.09. The van der Waals surface area contributed by atoms with Crippen molar-refractivity contribution in [1.82, 2.24) is 9.97 Å². The lowest BCUT2D eigenvalue weighted by atomic mass is 10.2. The topological polar surface area (TPSA) is 66.1 Å². The van der Waals surface area contributed by atoms with Gasteiger partial charge in [-0.25, -0.2) is 13.4 Å². The number of fused-ring (bicyclic) bond motifs is 1. The summed E-state index contributed by atoms with van der Waals surface area (Å²) in [6.45, 7) is 0. The van der Waals surface area contributed by atoms with Gasteiger partial charge in [0.05, 0.1) is 26.9 Å². The van der Waals surface area contributed by atoms with Crippen molar-refractivity contribution < 1.29 is 8.42 Å². The summed E-state index contributed by atoms with van der Waals surface area (Å²) in [6, 6.07) is 12.4. The smallest absolute Gasteiger partial charge is 0.152 e. The molecule has 0 saturated carbocycles. The molecular weight excluding hydrogens is 418 g/mol. The van der Waals surface area contributed by atoms with Crippen molar-refractivity contribution in [1.29, 1.82) is 0 Å². The second kappa shape index (κ2) is 7.31. The van der Waals surface area contributed by atoms with Crippen LogP contribution in [0.5, 0.6) is 0 Å². The number of nitrogens with one attached hydrogen (secondary N) is 1. The van der Waals surface area contributed by atoms with Crippen molar-refractivity contribution in [3.63, 3.8) is 0 Å². The first kappa shape index (κ1) is 18.5. The molecule has 0 unspecified atom stereocenters. The lowest BCUT2D eigenvalue weighted by Gasteiger charge is -2.17. The van der Waals surface area contributed by atoms with E-state index in [1.165, 1.54) is 21.8 Å². The summed E-state index contributed by atoms with van der Waals surface area (Å²) in [7, 11) is -1.01. The summed E-state index contributed by atoms with van der Waals surface area (Å²) in [6.07, 6.45) is 2.88. The second-order valence-electron chi connectivity index (χ2n) is 6.15. The van der Waals surface area contributed by atoms with Crippen molar-refractivity contribution in [2.24, 2.45) is 0 Å². The van der Waals surface area contributed by atoms with Crippen LogP contribution in [-0.4, -0.2) is 31.7 Å². The Morgan fingerprint density at radius 2 is 2.11 bits per heavy atom. The van der Waals surface area contributed by atoms with Crippen LogP contribution in [-0.2, 0) is 15.6 Å². The zero-order valence-corrected chi connectivity index (χ0v) is 17.9. The third kappa shape index (κ3) is 4.21. The number of aromatic amines is 1. The van der Waals surface area contributed by atoms with Gasteiger partial charge >= 0.3 is 0 Å². The molecule has 1 N–H and O–H groups in total. The molecule has 140 valence electrons. The van der Waals surface area contributed by atoms with E-state index in [-0.39, 0.29) is 5.75 Å². The van der Waals surface area contributed by atoms with Gasteiger partial charge in [-0.2, -0.15) is 0 Å². The molecule has 0 fully saturated rings. The first-order valence-corrected chi connectivity index (χ1v) is 12.6. The molecule has 0 atom stereocenters. The number of rotatable bonds is 6. The molecule has 0 bridgehead atoms. The number of anilines is 1. The van der Waals surface area contributed by atoms with E-state index in [4.69, 9.17) is 0 Å². The van der Waals surface area contributed by atoms with E-state index in [0.29, 0.717) is 0 Å². The van der Waals surface area contributed by atoms with Crippen LogP contribution in [0, 0.1) is 0 Å². The molecule has 5 nitrogen and oxygen atoms in total. The molecule has 4 aromatic rings. The molecule has 4 rings (SSSR count). The van der Waals surface area contributed by atoms with E-state index in [1.807, 2.05) is 19.2 Å². The monoisotopic (exact) mass is 435 g/mol. The van der Waals surface area contributed by atoms with Crippen molar-refractivity contribution in [3.8, 4) is 10.7 Å². The van der Waals surface area contributed by atoms with Gasteiger partial charge in [0.1, 0.15) is 5.01 Å². The van der Waals surface area contributed by atoms with Gasteiger partial charge < -0.3 is 9.29 Å². The summed E-state index contributed by atoms with van der Waals surface area (Å²) < 4.78 is 26.4. The van der Waals surface area contributed by atoms with Crippen LogP contribution >= 0.6 is 34.6 Å². The SMILES string of the molecule is CN(Sc1cccs1)c1cccc2cc(-c3ncc(CS(C)(=O)=O)s3)[nH]c12. The van der Waals surface area contributed by atoms with E-state index in [0.717, 1.165) is 32.2 Å². The van der Waals surface area contributed by atoms with Gasteiger partial charge in [-0.3, -0.25) is 0 Å². The average molecular weight is 436 g/mol. The van der Waals surface area contributed by atoms with Crippen molar-refractivity contribution in [2.75, 3.05) is 17.6 Å². The Bertz CT molecular complexity index is 1180. The molecule has 0 aliphatic rings. The molecule has 0 saturated heterocycles. The Morgan fingerprint density at radius 1 is 1.26 bits per heavy atom. The Morgan fingerprint density at radius 3 is 2.85 bits per heavy atom. The van der Waals surface area contributed by atoms with Gasteiger partial charge in [-0.15, -0.1) is 22.7 Å². The number of aromatic nitrogens is 2. The quantitative estimate of drug-likeness (QED) is 0.430. The molecule has 0 aliphatic carbocycles. The summed E-state index contributed by atoms with van der Waals surface area (Å²) in [5, 5.41) is 3.96. The van der Waals surface area contributed by atoms with Gasteiger partial charge in [0, 0.05) is 29.8 Å². The number of para-hydroxylation sites is 1. The fraction of sp³-hybridized carbons (Fsp3) is 0.167. The van der Waals surface area contributed by atoms with Crippen LogP contribution in [0.15, 0.2) is 52.2 Å². The highest BCUT2D eigenvalue weighted by Gasteiger charge is 2.15. The normalized spacial score (nSPS) is 11.9. The molecule has 0 radical (unpaired) electrons. The summed E-state index contributed by atoms with van der Waals surface area (Å²) >= 11 is 4.81. The highest BCUT2D eigenvalue weighted by molar-refractivity contribution is 8.02. The molecular formula is C18H17N3O2S4. The predicted molar refractivity (Wildman–Crippen MR) is 117 cm³/mol. The first-order chi connectivity index (χ1) is 12.9. The fourth-order valence-electron chi connectivity index (χ4n) is 2.77. The molecule has 0 spiro atoms. The number of nitrogens with zero attached hydrogens (tertiary/aromatic N) is 2. The van der Waals surface area contributed by atoms with Gasteiger partial charge in [-0.05, 0) is 35.5 Å². The number of hydrogen-bond acceptors (Lipinski definition) is 7. The fourth-order valence-corrected chi connectivity index (χ4v) is 6.71. The second-order valence-corrected chi connectivity index (χ2v) is 11.8. The Kier molecular flexibility index (Phi) is 5.02. The van der Waals surface area contributed by atoms with Gasteiger partial charge in [-0.1, -0.05) is 18.2 Å². The number of sulfone groups is 1. The maximum Gasteiger partial charge on any atom is 0.152 e. The number of hydrogen-bond donors (Lipinski definition) is 1. The highest BCUT2D eigenvalue weighted by Crippen LogP contribution is 2.36. The maximum absolute atomic E-state index is 11.5. The predicted octanol–water partition coefficient (Wildman–Crippen LogP) is 5.04. The van der Waals surface area contributed by atoms with Crippen LogP contribution < -0.4 is 4.31 Å². The number of thiazole rings is 1. The van der Waals surface area contributed by atoms with Crippen molar-refractivity contribution in [2.45, 2.75) is 9.96 Å². The largest absolute Gasteiger partial charge is 0.351 e. The third-order valence-electron chi connectivity index (χ3n) is 3.88. The standard InChI is InChI=1S/C18H17N3O2S4/c1-21(26-16-7-4-8-24-16)15-6-3-5-12-9-14(20-17(12)15)18-19-10-13(25-18)11-27(2,22)23/h3-10,20H,11H2,1-2H3. The molecule has 9 heteroatoms. The van der Waals surface area contributed by atoms with E-state index in [1.54, 1.807) is 29.5 Å². The van der Waals surface area contributed by atoms with Crippen molar-refractivity contribution in [3.05, 3.63) is 52.9 Å². The molecule has 0 amide bonds. The molecule has 27 heavy (non-hydrogen) atoms. The van der Waals surface area contributed by atoms with Crippen LogP contribution in [0.3, 0.4) is 0 Å². The Balaban J connectivity index is 1.66. The minimum Gasteiger partial charge on any atom is -0.351 e. The molecule has 3 heterocycles. The van der Waals surface area contributed by atoms with Gasteiger partial charge in [0.15, 0.2) is 9.84 Å². The minimum atomic E-state index is -3.06. The zero-order valence-electron chi connectivity index (χ0n) is 14.7. The third-order valence-corrected chi connectivity index (χ3v) is 7.89. The average Bonchev–Trinajstić information content (AvgIpc) is 3.32. The van der Waals surface area contributed by atoms with E-state index < -0.39 is 9.84 Å². The van der Waals surface area contributed by atoms with Crippen LogP contribution in [0.2, 0.25) is 0 Å². The maximum atomic E-state index is 11.5. The van der Waals surface area contributed by atoms with Gasteiger partial charge in [0.2, 0.25) is 0 Å². The van der Waals surface area contributed by atoms with Crippen molar-refractivity contribution >= 4 is 61.0 Å². The lowest BCUT2D eigenvalue weighted by Crippen LogP contribution is -2.05. The van der Waals surface area contributed by atoms with Crippen LogP contribution in [0.1, 0.15) is 4.88 Å². The van der Waals surface area contributed by atoms with Crippen LogP contribution in [0.25, 0.3) is 21.6 Å². The Labute approximate surface area is 170 Å². The summed E-state index contributed by atoms with van der Waals surface area (Å²) in [4.78, 5) is 8.62. The number of H-pyrrole nitrogens is 1. The highest BCUT2D eigenvalue weighted by atomic mass is 32.2. The van der Waals surface area contributed by atoms with Crippen LogP contribution in [0.4, 0.5) is 5.69 Å². The van der Waals surface area contributed by atoms with E-state index in [2.05, 4.69) is 43.9 Å². The summed E-state index contributed by atoms with van der Waals surface area (Å²) in [5.74, 6) is 0.0241. The molecule has 3 aromatic heterocycles. The summed E-state index contributed by atoms with van der Waals surface area (Å²) in [5.41, 5.74) is 3.03. The van der Waals surface area contributed by atoms with E-state index >= 15 is 0 Å². The number of thiophene rings is 1. The minimum absolute atomic E-state index is 0.0241.